The molecule has 0 fully saturated rings. The van der Waals surface area contributed by atoms with Crippen LogP contribution in [0.4, 0.5) is 23.7 Å². The van der Waals surface area contributed by atoms with Crippen molar-refractivity contribution in [2.75, 3.05) is 11.9 Å². The number of hydrogen-bond acceptors (Lipinski definition) is 3. The molecule has 0 saturated carbocycles. The molecule has 0 saturated heterocycles. The molecule has 2 aromatic heterocycles. The maximum absolute atomic E-state index is 12.8. The van der Waals surface area contributed by atoms with Crippen LogP contribution in [0.3, 0.4) is 0 Å². The van der Waals surface area contributed by atoms with E-state index in [1.165, 1.54) is 18.4 Å². The maximum atomic E-state index is 12.8. The number of benzene rings is 1. The van der Waals surface area contributed by atoms with E-state index in [1.54, 1.807) is 16.8 Å². The molecular formula is C19H19F3N4O2. The number of amides is 2. The summed E-state index contributed by atoms with van der Waals surface area (Å²) in [5, 5.41) is 9.50. The Labute approximate surface area is 159 Å². The van der Waals surface area contributed by atoms with Crippen molar-refractivity contribution in [2.45, 2.75) is 26.1 Å². The van der Waals surface area contributed by atoms with Gasteiger partial charge in [0.15, 0.2) is 0 Å². The molecular weight excluding hydrogens is 373 g/mol. The fourth-order valence-corrected chi connectivity index (χ4v) is 2.89. The number of anilines is 1. The molecule has 28 heavy (non-hydrogen) atoms. The molecule has 0 spiro atoms. The second kappa shape index (κ2) is 7.79. The topological polar surface area (TPSA) is 72.1 Å². The second-order valence-corrected chi connectivity index (χ2v) is 6.32. The molecule has 2 amide bonds. The van der Waals surface area contributed by atoms with Crippen molar-refractivity contribution in [1.29, 1.82) is 0 Å². The van der Waals surface area contributed by atoms with Gasteiger partial charge in [-0.25, -0.2) is 4.79 Å². The van der Waals surface area contributed by atoms with E-state index in [9.17, 15) is 18.0 Å². The summed E-state index contributed by atoms with van der Waals surface area (Å²) >= 11 is 0. The Morgan fingerprint density at radius 3 is 2.61 bits per heavy atom. The van der Waals surface area contributed by atoms with Crippen LogP contribution in [0.25, 0.3) is 0 Å². The molecule has 1 atom stereocenters. The van der Waals surface area contributed by atoms with E-state index in [2.05, 4.69) is 15.7 Å². The van der Waals surface area contributed by atoms with Gasteiger partial charge in [0.25, 0.3) is 0 Å². The fourth-order valence-electron chi connectivity index (χ4n) is 2.89. The van der Waals surface area contributed by atoms with E-state index >= 15 is 0 Å². The number of alkyl halides is 3. The third-order valence-corrected chi connectivity index (χ3v) is 4.12. The van der Waals surface area contributed by atoms with Crippen LogP contribution in [0.15, 0.2) is 53.1 Å². The average molecular weight is 392 g/mol. The highest BCUT2D eigenvalue weighted by Gasteiger charge is 2.30. The van der Waals surface area contributed by atoms with Gasteiger partial charge in [0, 0.05) is 17.9 Å². The second-order valence-electron chi connectivity index (χ2n) is 6.32. The Morgan fingerprint density at radius 1 is 1.21 bits per heavy atom. The van der Waals surface area contributed by atoms with Crippen LogP contribution in [0.2, 0.25) is 0 Å². The number of rotatable bonds is 5. The molecule has 2 N–H and O–H groups in total. The van der Waals surface area contributed by atoms with Crippen LogP contribution >= 0.6 is 0 Å². The number of carbonyl (C=O) groups is 1. The minimum atomic E-state index is -4.48. The lowest BCUT2D eigenvalue weighted by Crippen LogP contribution is -2.35. The molecule has 1 unspecified atom stereocenters. The Kier molecular flexibility index (Phi) is 5.43. The average Bonchev–Trinajstić information content (AvgIpc) is 3.25. The molecule has 6 nitrogen and oxygen atoms in total. The number of halogens is 3. The largest absolute Gasteiger partial charge is 0.467 e. The van der Waals surface area contributed by atoms with Crippen molar-refractivity contribution in [1.82, 2.24) is 15.1 Å². The van der Waals surface area contributed by atoms with E-state index in [4.69, 9.17) is 4.42 Å². The van der Waals surface area contributed by atoms with Gasteiger partial charge in [-0.15, -0.1) is 0 Å². The standard InChI is InChI=1S/C19H19F3N4O2/c1-12-9-13(2)26(25-12)16(17-7-4-8-28-17)11-23-18(27)24-15-6-3-5-14(10-15)19(20,21)22/h3-10,16H,11H2,1-2H3,(H2,23,24,27). The van der Waals surface area contributed by atoms with Crippen molar-refractivity contribution >= 4 is 11.7 Å². The zero-order valence-corrected chi connectivity index (χ0v) is 15.2. The van der Waals surface area contributed by atoms with Gasteiger partial charge >= 0.3 is 12.2 Å². The molecule has 3 aromatic rings. The highest BCUT2D eigenvalue weighted by molar-refractivity contribution is 5.89. The molecule has 0 aliphatic rings. The van der Waals surface area contributed by atoms with Crippen molar-refractivity contribution in [3.05, 3.63) is 71.4 Å². The molecule has 9 heteroatoms. The first-order chi connectivity index (χ1) is 13.2. The summed E-state index contributed by atoms with van der Waals surface area (Å²) in [4.78, 5) is 12.2. The van der Waals surface area contributed by atoms with Crippen molar-refractivity contribution in [3.63, 3.8) is 0 Å². The normalized spacial score (nSPS) is 12.6. The van der Waals surface area contributed by atoms with Crippen molar-refractivity contribution in [2.24, 2.45) is 0 Å². The number of hydrogen-bond donors (Lipinski definition) is 2. The van der Waals surface area contributed by atoms with E-state index in [0.29, 0.717) is 5.76 Å². The minimum Gasteiger partial charge on any atom is -0.467 e. The monoisotopic (exact) mass is 392 g/mol. The van der Waals surface area contributed by atoms with E-state index < -0.39 is 23.8 Å². The van der Waals surface area contributed by atoms with Crippen molar-refractivity contribution < 1.29 is 22.4 Å². The summed E-state index contributed by atoms with van der Waals surface area (Å²) in [7, 11) is 0. The third-order valence-electron chi connectivity index (χ3n) is 4.12. The van der Waals surface area contributed by atoms with Gasteiger partial charge in [0.1, 0.15) is 11.8 Å². The Balaban J connectivity index is 1.70. The van der Waals surface area contributed by atoms with Gasteiger partial charge in [-0.3, -0.25) is 4.68 Å². The molecule has 148 valence electrons. The molecule has 0 radical (unpaired) electrons. The molecule has 0 aliphatic carbocycles. The zero-order valence-electron chi connectivity index (χ0n) is 15.2. The molecule has 1 aromatic carbocycles. The van der Waals surface area contributed by atoms with Gasteiger partial charge in [0.05, 0.1) is 17.5 Å². The van der Waals surface area contributed by atoms with E-state index in [0.717, 1.165) is 23.5 Å². The third kappa shape index (κ3) is 4.54. The Morgan fingerprint density at radius 2 is 2.00 bits per heavy atom. The van der Waals surface area contributed by atoms with Crippen LogP contribution in [-0.2, 0) is 6.18 Å². The lowest BCUT2D eigenvalue weighted by Gasteiger charge is -2.18. The number of furan rings is 1. The summed E-state index contributed by atoms with van der Waals surface area (Å²) in [6.07, 6.45) is -2.95. The van der Waals surface area contributed by atoms with Gasteiger partial charge in [-0.1, -0.05) is 6.07 Å². The number of carbonyl (C=O) groups excluding carboxylic acids is 1. The maximum Gasteiger partial charge on any atom is 0.416 e. The molecule has 0 bridgehead atoms. The van der Waals surface area contributed by atoms with Crippen molar-refractivity contribution in [3.8, 4) is 0 Å². The first-order valence-electron chi connectivity index (χ1n) is 8.52. The quantitative estimate of drug-likeness (QED) is 0.670. The predicted molar refractivity (Wildman–Crippen MR) is 97.0 cm³/mol. The van der Waals surface area contributed by atoms with Gasteiger partial charge in [-0.2, -0.15) is 18.3 Å². The summed E-state index contributed by atoms with van der Waals surface area (Å²) in [6, 6.07) is 8.83. The van der Waals surface area contributed by atoms with Crippen LogP contribution in [-0.4, -0.2) is 22.4 Å². The minimum absolute atomic E-state index is 0.0491. The van der Waals surface area contributed by atoms with Gasteiger partial charge in [0.2, 0.25) is 0 Å². The van der Waals surface area contributed by atoms with Crippen LogP contribution < -0.4 is 10.6 Å². The SMILES string of the molecule is Cc1cc(C)n(C(CNC(=O)Nc2cccc(C(F)(F)F)c2)c2ccco2)n1. The number of urea groups is 1. The Hall–Kier alpha value is -3.23. The van der Waals surface area contributed by atoms with Gasteiger partial charge in [-0.05, 0) is 50.2 Å². The first-order valence-corrected chi connectivity index (χ1v) is 8.52. The molecule has 3 rings (SSSR count). The molecule has 2 heterocycles. The fraction of sp³-hybridized carbons (Fsp3) is 0.263. The number of nitrogens with one attached hydrogen (secondary N) is 2. The highest BCUT2D eigenvalue weighted by Crippen LogP contribution is 2.30. The predicted octanol–water partition coefficient (Wildman–Crippen LogP) is 4.52. The summed E-state index contributed by atoms with van der Waals surface area (Å²) < 4.78 is 45.6. The van der Waals surface area contributed by atoms with E-state index in [-0.39, 0.29) is 12.2 Å². The van der Waals surface area contributed by atoms with Gasteiger partial charge < -0.3 is 15.1 Å². The lowest BCUT2D eigenvalue weighted by atomic mass is 10.2. The Bertz CT molecular complexity index is 948. The number of aryl methyl sites for hydroxylation is 2. The zero-order chi connectivity index (χ0) is 20.3. The first kappa shape index (κ1) is 19.5. The number of nitrogens with zero attached hydrogens (tertiary/aromatic N) is 2. The molecule has 0 aliphatic heterocycles. The summed E-state index contributed by atoms with van der Waals surface area (Å²) in [5.41, 5.74) is 0.927. The van der Waals surface area contributed by atoms with E-state index in [1.807, 2.05) is 19.9 Å². The highest BCUT2D eigenvalue weighted by atomic mass is 19.4. The smallest absolute Gasteiger partial charge is 0.416 e. The van der Waals surface area contributed by atoms with Crippen LogP contribution in [0.5, 0.6) is 0 Å². The lowest BCUT2D eigenvalue weighted by molar-refractivity contribution is -0.137. The summed E-state index contributed by atoms with van der Waals surface area (Å²) in [5.74, 6) is 0.602. The number of aromatic nitrogens is 2. The van der Waals surface area contributed by atoms with Crippen LogP contribution in [0, 0.1) is 13.8 Å². The summed E-state index contributed by atoms with van der Waals surface area (Å²) in [6.45, 7) is 3.88. The van der Waals surface area contributed by atoms with Crippen LogP contribution in [0.1, 0.15) is 28.8 Å².